The van der Waals surface area contributed by atoms with Crippen LogP contribution in [-0.4, -0.2) is 38.8 Å². The molecule has 0 amide bonds. The van der Waals surface area contributed by atoms with Crippen molar-refractivity contribution in [3.63, 3.8) is 0 Å². The van der Waals surface area contributed by atoms with Crippen molar-refractivity contribution in [3.8, 4) is 0 Å². The number of aliphatic imine (C=N–C) groups is 1. The van der Waals surface area contributed by atoms with Gasteiger partial charge < -0.3 is 15.4 Å². The maximum absolute atomic E-state index is 5.59. The summed E-state index contributed by atoms with van der Waals surface area (Å²) >= 11 is 0. The van der Waals surface area contributed by atoms with Crippen LogP contribution in [0.15, 0.2) is 35.3 Å². The number of nitrogens with one attached hydrogen (secondary N) is 2. The Bertz CT molecular complexity index is 459. The van der Waals surface area contributed by atoms with Gasteiger partial charge in [-0.05, 0) is 31.7 Å². The first kappa shape index (κ1) is 20.2. The lowest BCUT2D eigenvalue weighted by Gasteiger charge is -2.36. The molecule has 5 heteroatoms. The third-order valence-electron chi connectivity index (χ3n) is 4.26. The van der Waals surface area contributed by atoms with Crippen molar-refractivity contribution in [2.24, 2.45) is 4.99 Å². The lowest BCUT2D eigenvalue weighted by Crippen LogP contribution is -2.41. The monoisotopic (exact) mass is 431 g/mol. The summed E-state index contributed by atoms with van der Waals surface area (Å²) in [6, 6.07) is 10.8. The van der Waals surface area contributed by atoms with Crippen molar-refractivity contribution in [2.45, 2.75) is 38.5 Å². The van der Waals surface area contributed by atoms with Gasteiger partial charge in [0.25, 0.3) is 0 Å². The number of hydrogen-bond acceptors (Lipinski definition) is 2. The van der Waals surface area contributed by atoms with Crippen LogP contribution in [0, 0.1) is 0 Å². The number of ether oxygens (including phenoxy) is 1. The second kappa shape index (κ2) is 10.9. The molecule has 0 spiro atoms. The Morgan fingerprint density at radius 2 is 1.83 bits per heavy atom. The number of rotatable bonds is 6. The Labute approximate surface area is 157 Å². The summed E-state index contributed by atoms with van der Waals surface area (Å²) in [7, 11) is 0. The second-order valence-electron chi connectivity index (χ2n) is 5.88. The molecule has 1 aromatic carbocycles. The van der Waals surface area contributed by atoms with Crippen molar-refractivity contribution >= 4 is 29.9 Å². The number of guanidine groups is 1. The highest BCUT2D eigenvalue weighted by molar-refractivity contribution is 14.0. The molecule has 2 N–H and O–H groups in total. The maximum Gasteiger partial charge on any atom is 0.191 e. The summed E-state index contributed by atoms with van der Waals surface area (Å²) in [5, 5.41) is 6.72. The van der Waals surface area contributed by atoms with E-state index in [4.69, 9.17) is 9.73 Å². The van der Waals surface area contributed by atoms with Gasteiger partial charge in [0.1, 0.15) is 0 Å². The third-order valence-corrected chi connectivity index (χ3v) is 4.26. The molecular formula is C18H30IN3O. The standard InChI is InChI=1S/C18H29N3O.HI/c1-3-12-20-17(19-4-2)21-15-18(10-13-22-14-11-18)16-8-6-5-7-9-16;/h5-9H,3-4,10-15H2,1-2H3,(H2,19,20,21);1H. The molecule has 4 nitrogen and oxygen atoms in total. The smallest absolute Gasteiger partial charge is 0.191 e. The molecule has 0 bridgehead atoms. The van der Waals surface area contributed by atoms with Crippen LogP contribution >= 0.6 is 24.0 Å². The van der Waals surface area contributed by atoms with Gasteiger partial charge in [-0.2, -0.15) is 0 Å². The molecule has 1 aliphatic heterocycles. The zero-order valence-corrected chi connectivity index (χ0v) is 16.6. The van der Waals surface area contributed by atoms with Gasteiger partial charge >= 0.3 is 0 Å². The average Bonchev–Trinajstić information content (AvgIpc) is 2.59. The Balaban J connectivity index is 0.00000264. The van der Waals surface area contributed by atoms with Gasteiger partial charge in [0.2, 0.25) is 0 Å². The van der Waals surface area contributed by atoms with Crippen LogP contribution in [-0.2, 0) is 10.2 Å². The van der Waals surface area contributed by atoms with E-state index in [9.17, 15) is 0 Å². The van der Waals surface area contributed by atoms with E-state index < -0.39 is 0 Å². The minimum atomic E-state index is 0. The number of halogens is 1. The van der Waals surface area contributed by atoms with E-state index in [1.807, 2.05) is 0 Å². The number of nitrogens with zero attached hydrogens (tertiary/aromatic N) is 1. The van der Waals surface area contributed by atoms with Crippen molar-refractivity contribution in [2.75, 3.05) is 32.8 Å². The lowest BCUT2D eigenvalue weighted by molar-refractivity contribution is 0.0531. The molecule has 0 atom stereocenters. The lowest BCUT2D eigenvalue weighted by atomic mass is 9.74. The van der Waals surface area contributed by atoms with Crippen molar-refractivity contribution in [1.29, 1.82) is 0 Å². The minimum absolute atomic E-state index is 0. The summed E-state index contributed by atoms with van der Waals surface area (Å²) in [6.45, 7) is 8.56. The minimum Gasteiger partial charge on any atom is -0.381 e. The highest BCUT2D eigenvalue weighted by atomic mass is 127. The predicted octanol–water partition coefficient (Wildman–Crippen LogP) is 3.32. The van der Waals surface area contributed by atoms with Crippen molar-refractivity contribution < 1.29 is 4.74 Å². The fraction of sp³-hybridized carbons (Fsp3) is 0.611. The number of hydrogen-bond donors (Lipinski definition) is 2. The van der Waals surface area contributed by atoms with Crippen LogP contribution in [0.3, 0.4) is 0 Å². The van der Waals surface area contributed by atoms with Crippen LogP contribution in [0.4, 0.5) is 0 Å². The molecule has 23 heavy (non-hydrogen) atoms. The molecule has 130 valence electrons. The Kier molecular flexibility index (Phi) is 9.55. The Hall–Kier alpha value is -0.820. The Morgan fingerprint density at radius 1 is 1.13 bits per heavy atom. The molecule has 1 heterocycles. The van der Waals surface area contributed by atoms with Crippen LogP contribution < -0.4 is 10.6 Å². The van der Waals surface area contributed by atoms with Gasteiger partial charge in [0.05, 0.1) is 6.54 Å². The Morgan fingerprint density at radius 3 is 2.43 bits per heavy atom. The highest BCUT2D eigenvalue weighted by Crippen LogP contribution is 2.35. The largest absolute Gasteiger partial charge is 0.381 e. The van der Waals surface area contributed by atoms with Crippen LogP contribution in [0.2, 0.25) is 0 Å². The van der Waals surface area contributed by atoms with Crippen molar-refractivity contribution in [1.82, 2.24) is 10.6 Å². The van der Waals surface area contributed by atoms with E-state index in [-0.39, 0.29) is 29.4 Å². The first-order valence-corrected chi connectivity index (χ1v) is 8.46. The van der Waals surface area contributed by atoms with Gasteiger partial charge in [-0.3, -0.25) is 4.99 Å². The normalized spacial score (nSPS) is 17.2. The molecule has 1 saturated heterocycles. The molecule has 0 radical (unpaired) electrons. The summed E-state index contributed by atoms with van der Waals surface area (Å²) in [6.07, 6.45) is 3.17. The zero-order chi connectivity index (χ0) is 15.7. The van der Waals surface area contributed by atoms with E-state index in [2.05, 4.69) is 54.8 Å². The predicted molar refractivity (Wildman–Crippen MR) is 108 cm³/mol. The summed E-state index contributed by atoms with van der Waals surface area (Å²) < 4.78 is 5.59. The van der Waals surface area contributed by atoms with Gasteiger partial charge in [0.15, 0.2) is 5.96 Å². The van der Waals surface area contributed by atoms with Gasteiger partial charge in [-0.25, -0.2) is 0 Å². The fourth-order valence-electron chi connectivity index (χ4n) is 2.91. The molecule has 0 aliphatic carbocycles. The second-order valence-corrected chi connectivity index (χ2v) is 5.88. The molecule has 2 rings (SSSR count). The first-order valence-electron chi connectivity index (χ1n) is 8.46. The molecule has 0 unspecified atom stereocenters. The average molecular weight is 431 g/mol. The highest BCUT2D eigenvalue weighted by Gasteiger charge is 2.34. The molecule has 1 fully saturated rings. The van der Waals surface area contributed by atoms with E-state index >= 15 is 0 Å². The molecule has 0 aromatic heterocycles. The van der Waals surface area contributed by atoms with Crippen LogP contribution in [0.5, 0.6) is 0 Å². The summed E-state index contributed by atoms with van der Waals surface area (Å²) in [4.78, 5) is 4.86. The van der Waals surface area contributed by atoms with Crippen molar-refractivity contribution in [3.05, 3.63) is 35.9 Å². The molecule has 1 aromatic rings. The molecular weight excluding hydrogens is 401 g/mol. The van der Waals surface area contributed by atoms with Gasteiger partial charge in [0, 0.05) is 31.7 Å². The van der Waals surface area contributed by atoms with E-state index in [0.717, 1.165) is 58.1 Å². The summed E-state index contributed by atoms with van der Waals surface area (Å²) in [5.41, 5.74) is 1.49. The number of benzene rings is 1. The van der Waals surface area contributed by atoms with E-state index in [0.29, 0.717) is 0 Å². The topological polar surface area (TPSA) is 45.7 Å². The third kappa shape index (κ3) is 5.95. The molecule has 0 saturated carbocycles. The van der Waals surface area contributed by atoms with Crippen LogP contribution in [0.25, 0.3) is 0 Å². The van der Waals surface area contributed by atoms with E-state index in [1.165, 1.54) is 5.56 Å². The molecule has 1 aliphatic rings. The maximum atomic E-state index is 5.59. The quantitative estimate of drug-likeness (QED) is 0.413. The SMILES string of the molecule is CCCNC(=NCC1(c2ccccc2)CCOCC1)NCC.I. The fourth-order valence-corrected chi connectivity index (χ4v) is 2.91. The summed E-state index contributed by atoms with van der Waals surface area (Å²) in [5.74, 6) is 0.922. The van der Waals surface area contributed by atoms with Gasteiger partial charge in [-0.1, -0.05) is 37.3 Å². The van der Waals surface area contributed by atoms with E-state index in [1.54, 1.807) is 0 Å². The first-order chi connectivity index (χ1) is 10.8. The van der Waals surface area contributed by atoms with Crippen LogP contribution in [0.1, 0.15) is 38.7 Å². The zero-order valence-electron chi connectivity index (χ0n) is 14.3. The van der Waals surface area contributed by atoms with Gasteiger partial charge in [-0.15, -0.1) is 24.0 Å².